The second-order valence-electron chi connectivity index (χ2n) is 6.82. The van der Waals surface area contributed by atoms with Gasteiger partial charge in [-0.1, -0.05) is 29.0 Å². The van der Waals surface area contributed by atoms with Crippen LogP contribution in [0.15, 0.2) is 36.4 Å². The summed E-state index contributed by atoms with van der Waals surface area (Å²) in [5, 5.41) is 1.39. The summed E-state index contributed by atoms with van der Waals surface area (Å²) in [6.07, 6.45) is 0. The van der Waals surface area contributed by atoms with E-state index in [1.54, 1.807) is 4.90 Å². The van der Waals surface area contributed by atoms with Gasteiger partial charge in [0.2, 0.25) is 0 Å². The zero-order chi connectivity index (χ0) is 18.8. The molecule has 3 aromatic rings. The second kappa shape index (κ2) is 7.74. The number of amides is 1. The van der Waals surface area contributed by atoms with Gasteiger partial charge in [-0.2, -0.15) is 0 Å². The molecule has 0 unspecified atom stereocenters. The monoisotopic (exact) mass is 388 g/mol. The first-order valence-electron chi connectivity index (χ1n) is 8.59. The number of aromatic nitrogens is 1. The maximum absolute atomic E-state index is 13.2. The lowest BCUT2D eigenvalue weighted by Crippen LogP contribution is -3.06. The highest BCUT2D eigenvalue weighted by molar-refractivity contribution is 7.22. The summed E-state index contributed by atoms with van der Waals surface area (Å²) in [6.45, 7) is 5.53. The van der Waals surface area contributed by atoms with Crippen molar-refractivity contribution in [3.63, 3.8) is 0 Å². The number of aryl methyl sites for hydroxylation is 2. The van der Waals surface area contributed by atoms with Crippen molar-refractivity contribution in [2.24, 2.45) is 0 Å². The largest absolute Gasteiger partial charge is 0.338 e. The summed E-state index contributed by atoms with van der Waals surface area (Å²) >= 11 is 7.60. The number of thiazole rings is 1. The molecule has 0 aliphatic rings. The van der Waals surface area contributed by atoms with Crippen LogP contribution in [0.1, 0.15) is 21.5 Å². The minimum atomic E-state index is -0.0143. The fourth-order valence-corrected chi connectivity index (χ4v) is 3.92. The van der Waals surface area contributed by atoms with Crippen molar-refractivity contribution < 1.29 is 9.69 Å². The Balaban J connectivity index is 1.99. The van der Waals surface area contributed by atoms with Crippen LogP contribution in [-0.4, -0.2) is 38.1 Å². The number of nitrogens with one attached hydrogen (secondary N) is 1. The lowest BCUT2D eigenvalue weighted by atomic mass is 10.1. The Morgan fingerprint density at radius 1 is 1.15 bits per heavy atom. The second-order valence-corrected chi connectivity index (χ2v) is 8.27. The van der Waals surface area contributed by atoms with E-state index in [0.29, 0.717) is 22.3 Å². The summed E-state index contributed by atoms with van der Waals surface area (Å²) in [5.41, 5.74) is 3.86. The standard InChI is InChI=1S/C20H22ClN3OS/c1-13-5-6-15(11-14(13)2)19(25)24(10-9-23(3)4)20-22-17-8-7-16(21)12-18(17)26-20/h5-8,11-12H,9-10H2,1-4H3/p+1. The van der Waals surface area contributed by atoms with Crippen LogP contribution < -0.4 is 9.80 Å². The fraction of sp³-hybridized carbons (Fsp3) is 0.300. The number of carbonyl (C=O) groups excluding carboxylic acids is 1. The van der Waals surface area contributed by atoms with Crippen molar-refractivity contribution in [1.82, 2.24) is 4.98 Å². The van der Waals surface area contributed by atoms with Gasteiger partial charge >= 0.3 is 0 Å². The van der Waals surface area contributed by atoms with Gasteiger partial charge in [-0.15, -0.1) is 0 Å². The van der Waals surface area contributed by atoms with E-state index in [1.165, 1.54) is 21.8 Å². The van der Waals surface area contributed by atoms with Crippen LogP contribution in [0, 0.1) is 13.8 Å². The number of quaternary nitrogens is 1. The van der Waals surface area contributed by atoms with Crippen molar-refractivity contribution >= 4 is 44.2 Å². The first-order chi connectivity index (χ1) is 12.3. The van der Waals surface area contributed by atoms with Crippen molar-refractivity contribution in [2.45, 2.75) is 13.8 Å². The molecule has 2 aromatic carbocycles. The third-order valence-corrected chi connectivity index (χ3v) is 5.68. The highest BCUT2D eigenvalue weighted by Gasteiger charge is 2.22. The van der Waals surface area contributed by atoms with Gasteiger partial charge in [-0.25, -0.2) is 4.98 Å². The average molecular weight is 389 g/mol. The van der Waals surface area contributed by atoms with Crippen molar-refractivity contribution in [2.75, 3.05) is 32.1 Å². The van der Waals surface area contributed by atoms with Gasteiger partial charge in [0.15, 0.2) is 5.13 Å². The summed E-state index contributed by atoms with van der Waals surface area (Å²) in [5.74, 6) is -0.0143. The number of rotatable bonds is 5. The number of hydrogen-bond donors (Lipinski definition) is 1. The molecule has 0 saturated carbocycles. The Labute approximate surface area is 163 Å². The first-order valence-corrected chi connectivity index (χ1v) is 9.79. The Hall–Kier alpha value is -1.95. The van der Waals surface area contributed by atoms with Crippen LogP contribution in [0.3, 0.4) is 0 Å². The van der Waals surface area contributed by atoms with Crippen LogP contribution in [0.25, 0.3) is 10.2 Å². The predicted molar refractivity (Wildman–Crippen MR) is 110 cm³/mol. The van der Waals surface area contributed by atoms with Gasteiger partial charge in [0.05, 0.1) is 37.4 Å². The Kier molecular flexibility index (Phi) is 5.61. The van der Waals surface area contributed by atoms with E-state index in [4.69, 9.17) is 11.6 Å². The van der Waals surface area contributed by atoms with E-state index in [1.807, 2.05) is 50.2 Å². The number of anilines is 1. The molecule has 0 spiro atoms. The van der Waals surface area contributed by atoms with Crippen molar-refractivity contribution in [3.8, 4) is 0 Å². The number of benzene rings is 2. The number of hydrogen-bond acceptors (Lipinski definition) is 3. The summed E-state index contributed by atoms with van der Waals surface area (Å²) < 4.78 is 0.989. The number of likely N-dealkylation sites (N-methyl/N-ethyl adjacent to an activating group) is 1. The van der Waals surface area contributed by atoms with E-state index < -0.39 is 0 Å². The quantitative estimate of drug-likeness (QED) is 0.727. The Bertz CT molecular complexity index is 951. The minimum absolute atomic E-state index is 0.0143. The average Bonchev–Trinajstić information content (AvgIpc) is 2.99. The zero-order valence-electron chi connectivity index (χ0n) is 15.5. The van der Waals surface area contributed by atoms with Crippen LogP contribution >= 0.6 is 22.9 Å². The SMILES string of the molecule is Cc1ccc(C(=O)N(CC[NH+](C)C)c2nc3ccc(Cl)cc3s2)cc1C. The smallest absolute Gasteiger partial charge is 0.260 e. The molecule has 1 heterocycles. The molecule has 136 valence electrons. The van der Waals surface area contributed by atoms with Gasteiger partial charge in [0.1, 0.15) is 0 Å². The summed E-state index contributed by atoms with van der Waals surface area (Å²) in [7, 11) is 4.16. The van der Waals surface area contributed by atoms with Gasteiger partial charge < -0.3 is 4.90 Å². The molecule has 0 bridgehead atoms. The molecule has 4 nitrogen and oxygen atoms in total. The molecule has 0 saturated heterocycles. The molecule has 0 fully saturated rings. The third kappa shape index (κ3) is 4.06. The van der Waals surface area contributed by atoms with Crippen LogP contribution in [0.4, 0.5) is 5.13 Å². The molecular weight excluding hydrogens is 366 g/mol. The Morgan fingerprint density at radius 2 is 1.92 bits per heavy atom. The van der Waals surface area contributed by atoms with Gasteiger partial charge in [-0.3, -0.25) is 9.69 Å². The van der Waals surface area contributed by atoms with E-state index >= 15 is 0 Å². The number of fused-ring (bicyclic) bond motifs is 1. The van der Waals surface area contributed by atoms with Crippen molar-refractivity contribution in [1.29, 1.82) is 0 Å². The highest BCUT2D eigenvalue weighted by Crippen LogP contribution is 2.31. The molecule has 0 atom stereocenters. The fourth-order valence-electron chi connectivity index (χ4n) is 2.65. The molecule has 3 rings (SSSR count). The van der Waals surface area contributed by atoms with Crippen LogP contribution in [0.2, 0.25) is 5.02 Å². The molecule has 26 heavy (non-hydrogen) atoms. The molecule has 0 aliphatic carbocycles. The summed E-state index contributed by atoms with van der Waals surface area (Å²) in [6, 6.07) is 11.5. The van der Waals surface area contributed by atoms with Gasteiger partial charge in [0.25, 0.3) is 5.91 Å². The van der Waals surface area contributed by atoms with E-state index in [0.717, 1.165) is 22.3 Å². The van der Waals surface area contributed by atoms with Gasteiger partial charge in [-0.05, 0) is 55.3 Å². The predicted octanol–water partition coefficient (Wildman–Crippen LogP) is 3.36. The molecular formula is C20H23ClN3OS+. The third-order valence-electron chi connectivity index (χ3n) is 4.40. The normalized spacial score (nSPS) is 11.3. The molecule has 1 aromatic heterocycles. The molecule has 6 heteroatoms. The number of nitrogens with zero attached hydrogens (tertiary/aromatic N) is 2. The zero-order valence-corrected chi connectivity index (χ0v) is 17.0. The maximum atomic E-state index is 13.2. The highest BCUT2D eigenvalue weighted by atomic mass is 35.5. The van der Waals surface area contributed by atoms with Gasteiger partial charge in [0, 0.05) is 10.6 Å². The van der Waals surface area contributed by atoms with Crippen LogP contribution in [-0.2, 0) is 0 Å². The van der Waals surface area contributed by atoms with E-state index in [9.17, 15) is 4.79 Å². The lowest BCUT2D eigenvalue weighted by Gasteiger charge is -2.21. The molecule has 1 N–H and O–H groups in total. The number of carbonyl (C=O) groups is 1. The number of halogens is 1. The molecule has 0 aliphatic heterocycles. The van der Waals surface area contributed by atoms with E-state index in [-0.39, 0.29) is 5.91 Å². The molecule has 0 radical (unpaired) electrons. The van der Waals surface area contributed by atoms with Crippen LogP contribution in [0.5, 0.6) is 0 Å². The maximum Gasteiger partial charge on any atom is 0.260 e. The lowest BCUT2D eigenvalue weighted by molar-refractivity contribution is -0.856. The van der Waals surface area contributed by atoms with Crippen molar-refractivity contribution in [3.05, 3.63) is 58.1 Å². The summed E-state index contributed by atoms with van der Waals surface area (Å²) in [4.78, 5) is 21.0. The topological polar surface area (TPSA) is 37.6 Å². The first kappa shape index (κ1) is 18.8. The minimum Gasteiger partial charge on any atom is -0.338 e. The Morgan fingerprint density at radius 3 is 2.62 bits per heavy atom. The molecule has 1 amide bonds. The van der Waals surface area contributed by atoms with E-state index in [2.05, 4.69) is 19.1 Å².